The molecule has 4 rings (SSSR count). The minimum absolute atomic E-state index is 0.117. The monoisotopic (exact) mass is 466 g/mol. The van der Waals surface area contributed by atoms with Gasteiger partial charge in [-0.25, -0.2) is 12.8 Å². The first-order valence-corrected chi connectivity index (χ1v) is 11.4. The van der Waals surface area contributed by atoms with Crippen LogP contribution in [0.3, 0.4) is 0 Å². The van der Waals surface area contributed by atoms with E-state index >= 15 is 0 Å². The number of hydrogen-bond acceptors (Lipinski definition) is 5. The van der Waals surface area contributed by atoms with Crippen LogP contribution in [0.4, 0.5) is 10.1 Å². The van der Waals surface area contributed by atoms with Crippen molar-refractivity contribution in [2.75, 3.05) is 11.9 Å². The van der Waals surface area contributed by atoms with Gasteiger partial charge in [-0.15, -0.1) is 0 Å². The summed E-state index contributed by atoms with van der Waals surface area (Å²) in [7, 11) is -4.39. The maximum Gasteiger partial charge on any atom is 0.245 e. The molecular weight excluding hydrogens is 447 g/mol. The van der Waals surface area contributed by atoms with Crippen LogP contribution in [0.2, 0.25) is 0 Å². The lowest BCUT2D eigenvalue weighted by Crippen LogP contribution is -2.55. The van der Waals surface area contributed by atoms with Gasteiger partial charge in [-0.2, -0.15) is 4.31 Å². The highest BCUT2D eigenvalue weighted by molar-refractivity contribution is 7.89. The first kappa shape index (κ1) is 22.5. The number of nitrogens with one attached hydrogen (secondary N) is 1. The lowest BCUT2D eigenvalue weighted by molar-refractivity contribution is -0.116. The number of benzene rings is 3. The number of Topliss-reactive ketones (excluding diaryl/α,β-unsaturated/α-hetero) is 2. The van der Waals surface area contributed by atoms with Crippen molar-refractivity contribution in [3.05, 3.63) is 95.3 Å². The van der Waals surface area contributed by atoms with Crippen molar-refractivity contribution in [1.29, 1.82) is 0 Å². The van der Waals surface area contributed by atoms with E-state index in [2.05, 4.69) is 5.32 Å². The molecule has 1 amide bonds. The van der Waals surface area contributed by atoms with Crippen LogP contribution >= 0.6 is 0 Å². The SMILES string of the molecule is Cc1cccc(NC(=O)CN2C(C(=O)c3ccccc3)C(=O)c3ccccc3S2(=O)=O)c1F. The number of amides is 1. The highest BCUT2D eigenvalue weighted by Gasteiger charge is 2.48. The molecule has 0 saturated carbocycles. The summed E-state index contributed by atoms with van der Waals surface area (Å²) in [5.41, 5.74) is 0.167. The van der Waals surface area contributed by atoms with Gasteiger partial charge in [0.15, 0.2) is 17.6 Å². The van der Waals surface area contributed by atoms with E-state index < -0.39 is 45.9 Å². The second kappa shape index (κ2) is 8.68. The molecule has 0 radical (unpaired) electrons. The molecule has 1 heterocycles. The number of anilines is 1. The number of rotatable bonds is 5. The number of aryl methyl sites for hydroxylation is 1. The van der Waals surface area contributed by atoms with Gasteiger partial charge in [0, 0.05) is 11.1 Å². The minimum Gasteiger partial charge on any atom is -0.322 e. The van der Waals surface area contributed by atoms with E-state index in [-0.39, 0.29) is 21.7 Å². The molecule has 0 bridgehead atoms. The third-order valence-electron chi connectivity index (χ3n) is 5.35. The largest absolute Gasteiger partial charge is 0.322 e. The van der Waals surface area contributed by atoms with Crippen LogP contribution in [0.15, 0.2) is 77.7 Å². The predicted molar refractivity (Wildman–Crippen MR) is 119 cm³/mol. The molecular formula is C24H19FN2O5S. The highest BCUT2D eigenvalue weighted by Crippen LogP contribution is 2.31. The summed E-state index contributed by atoms with van der Waals surface area (Å²) in [6.45, 7) is 0.670. The molecule has 7 nitrogen and oxygen atoms in total. The molecule has 0 aromatic heterocycles. The Bertz CT molecular complexity index is 1370. The Labute approximate surface area is 189 Å². The molecule has 1 aliphatic heterocycles. The average molecular weight is 466 g/mol. The highest BCUT2D eigenvalue weighted by atomic mass is 32.2. The van der Waals surface area contributed by atoms with Crippen LogP contribution in [0.5, 0.6) is 0 Å². The zero-order valence-corrected chi connectivity index (χ0v) is 18.3. The van der Waals surface area contributed by atoms with E-state index in [9.17, 15) is 27.2 Å². The standard InChI is InChI=1S/C24H19FN2O5S/c1-15-8-7-12-18(21(15)25)26-20(28)14-27-22(23(29)16-9-3-2-4-10-16)24(30)17-11-5-6-13-19(17)33(27,31)32/h2-13,22H,14H2,1H3,(H,26,28). The van der Waals surface area contributed by atoms with Gasteiger partial charge in [0.25, 0.3) is 0 Å². The smallest absolute Gasteiger partial charge is 0.245 e. The Kier molecular flexibility index (Phi) is 5.92. The molecule has 33 heavy (non-hydrogen) atoms. The van der Waals surface area contributed by atoms with Gasteiger partial charge >= 0.3 is 0 Å². The Morgan fingerprint density at radius 2 is 1.64 bits per heavy atom. The molecule has 0 fully saturated rings. The van der Waals surface area contributed by atoms with Gasteiger partial charge in [0.1, 0.15) is 5.82 Å². The number of ketones is 2. The molecule has 0 aliphatic carbocycles. The van der Waals surface area contributed by atoms with Crippen molar-refractivity contribution >= 4 is 33.2 Å². The van der Waals surface area contributed by atoms with Crippen molar-refractivity contribution in [3.8, 4) is 0 Å². The summed E-state index contributed by atoms with van der Waals surface area (Å²) < 4.78 is 41.6. The van der Waals surface area contributed by atoms with Crippen LogP contribution in [0.1, 0.15) is 26.3 Å². The molecule has 3 aromatic carbocycles. The Balaban J connectivity index is 1.75. The quantitative estimate of drug-likeness (QED) is 0.460. The second-order valence-corrected chi connectivity index (χ2v) is 9.39. The van der Waals surface area contributed by atoms with Crippen LogP contribution in [0, 0.1) is 12.7 Å². The van der Waals surface area contributed by atoms with Gasteiger partial charge in [0.05, 0.1) is 17.1 Å². The van der Waals surface area contributed by atoms with E-state index in [4.69, 9.17) is 0 Å². The van der Waals surface area contributed by atoms with Crippen LogP contribution < -0.4 is 5.32 Å². The number of carbonyl (C=O) groups is 3. The summed E-state index contributed by atoms with van der Waals surface area (Å²) in [5.74, 6) is -3.04. The maximum absolute atomic E-state index is 14.3. The molecule has 1 aliphatic rings. The summed E-state index contributed by atoms with van der Waals surface area (Å²) in [6, 6.07) is 15.9. The first-order chi connectivity index (χ1) is 15.7. The topological polar surface area (TPSA) is 101 Å². The van der Waals surface area contributed by atoms with Gasteiger partial charge in [0.2, 0.25) is 15.9 Å². The zero-order valence-electron chi connectivity index (χ0n) is 17.5. The number of carbonyl (C=O) groups excluding carboxylic acids is 3. The lowest BCUT2D eigenvalue weighted by atomic mass is 9.96. The Hall–Kier alpha value is -3.69. The maximum atomic E-state index is 14.3. The number of sulfonamides is 1. The Morgan fingerprint density at radius 1 is 0.970 bits per heavy atom. The van der Waals surface area contributed by atoms with Crippen molar-refractivity contribution in [2.45, 2.75) is 17.9 Å². The second-order valence-electron chi connectivity index (χ2n) is 7.53. The summed E-state index contributed by atoms with van der Waals surface area (Å²) in [6.07, 6.45) is 0. The fraction of sp³-hybridized carbons (Fsp3) is 0.125. The molecule has 1 N–H and O–H groups in total. The molecule has 1 atom stereocenters. The number of hydrogen-bond donors (Lipinski definition) is 1. The summed E-state index contributed by atoms with van der Waals surface area (Å²) in [5, 5.41) is 2.33. The summed E-state index contributed by atoms with van der Waals surface area (Å²) in [4.78, 5) is 38.9. The van der Waals surface area contributed by atoms with Crippen LogP contribution in [0.25, 0.3) is 0 Å². The van der Waals surface area contributed by atoms with E-state index in [0.717, 1.165) is 0 Å². The fourth-order valence-corrected chi connectivity index (χ4v) is 5.41. The van der Waals surface area contributed by atoms with Gasteiger partial charge in [-0.1, -0.05) is 54.6 Å². The zero-order chi connectivity index (χ0) is 23.8. The third kappa shape index (κ3) is 4.08. The molecule has 0 spiro atoms. The van der Waals surface area contributed by atoms with Gasteiger partial charge < -0.3 is 5.32 Å². The van der Waals surface area contributed by atoms with Gasteiger partial charge in [-0.3, -0.25) is 14.4 Å². The molecule has 1 unspecified atom stereocenters. The normalized spacial score (nSPS) is 17.3. The van der Waals surface area contributed by atoms with E-state index in [0.29, 0.717) is 9.87 Å². The van der Waals surface area contributed by atoms with E-state index in [1.54, 1.807) is 18.2 Å². The van der Waals surface area contributed by atoms with Crippen molar-refractivity contribution in [2.24, 2.45) is 0 Å². The lowest BCUT2D eigenvalue weighted by Gasteiger charge is -2.33. The number of halogens is 1. The van der Waals surface area contributed by atoms with Crippen molar-refractivity contribution in [3.63, 3.8) is 0 Å². The number of fused-ring (bicyclic) bond motifs is 1. The van der Waals surface area contributed by atoms with E-state index in [1.807, 2.05) is 0 Å². The van der Waals surface area contributed by atoms with Crippen molar-refractivity contribution in [1.82, 2.24) is 4.31 Å². The number of nitrogens with zero attached hydrogens (tertiary/aromatic N) is 1. The van der Waals surface area contributed by atoms with Crippen LogP contribution in [-0.2, 0) is 14.8 Å². The molecule has 3 aromatic rings. The van der Waals surface area contributed by atoms with E-state index in [1.165, 1.54) is 61.5 Å². The van der Waals surface area contributed by atoms with Crippen molar-refractivity contribution < 1.29 is 27.2 Å². The fourth-order valence-electron chi connectivity index (χ4n) is 3.70. The van der Waals surface area contributed by atoms with Gasteiger partial charge in [-0.05, 0) is 30.7 Å². The predicted octanol–water partition coefficient (Wildman–Crippen LogP) is 3.21. The van der Waals surface area contributed by atoms with Crippen LogP contribution in [-0.4, -0.2) is 42.8 Å². The first-order valence-electron chi connectivity index (χ1n) is 10.0. The average Bonchev–Trinajstić information content (AvgIpc) is 2.81. The third-order valence-corrected chi connectivity index (χ3v) is 7.22. The summed E-state index contributed by atoms with van der Waals surface area (Å²) >= 11 is 0. The minimum atomic E-state index is -4.39. The molecule has 9 heteroatoms. The molecule has 168 valence electrons. The Morgan fingerprint density at radius 3 is 2.36 bits per heavy atom. The molecule has 0 saturated heterocycles.